The van der Waals surface area contributed by atoms with Gasteiger partial charge in [-0.2, -0.15) is 0 Å². The minimum atomic E-state index is -1.22. The number of carbonyl (C=O) groups excluding carboxylic acids is 1. The van der Waals surface area contributed by atoms with E-state index in [1.807, 2.05) is 44.2 Å². The molecule has 0 bridgehead atoms. The summed E-state index contributed by atoms with van der Waals surface area (Å²) in [6, 6.07) is 13.6. The van der Waals surface area contributed by atoms with Gasteiger partial charge in [0.15, 0.2) is 12.0 Å². The van der Waals surface area contributed by atoms with Crippen molar-refractivity contribution >= 4 is 23.1 Å². The maximum atomic E-state index is 13.2. The molecule has 3 N–H and O–H groups in total. The van der Waals surface area contributed by atoms with Crippen molar-refractivity contribution in [2.24, 2.45) is 5.92 Å². The van der Waals surface area contributed by atoms with Crippen molar-refractivity contribution in [3.63, 3.8) is 0 Å². The van der Waals surface area contributed by atoms with Crippen LogP contribution < -0.4 is 5.32 Å². The summed E-state index contributed by atoms with van der Waals surface area (Å²) in [5.74, 6) is -0.106. The molecule has 0 aliphatic rings. The molecule has 0 fully saturated rings. The second kappa shape index (κ2) is 10.1. The van der Waals surface area contributed by atoms with Gasteiger partial charge < -0.3 is 24.8 Å². The number of fused-ring (bicyclic) bond motifs is 1. The van der Waals surface area contributed by atoms with Gasteiger partial charge >= 0.3 is 6.09 Å². The minimum absolute atomic E-state index is 0.0107. The van der Waals surface area contributed by atoms with E-state index < -0.39 is 18.2 Å². The monoisotopic (exact) mass is 425 g/mol. The molecule has 1 aromatic heterocycles. The van der Waals surface area contributed by atoms with Gasteiger partial charge in [-0.3, -0.25) is 4.79 Å². The molecule has 31 heavy (non-hydrogen) atoms. The summed E-state index contributed by atoms with van der Waals surface area (Å²) in [5, 5.41) is 22.5. The Hall–Kier alpha value is -3.39. The van der Waals surface area contributed by atoms with Gasteiger partial charge in [-0.05, 0) is 36.1 Å². The number of benzene rings is 2. The third-order valence-electron chi connectivity index (χ3n) is 4.93. The Morgan fingerprint density at radius 3 is 2.55 bits per heavy atom. The number of aromatic nitrogens is 1. The van der Waals surface area contributed by atoms with E-state index >= 15 is 0 Å². The van der Waals surface area contributed by atoms with Crippen LogP contribution in [0.5, 0.6) is 0 Å². The standard InChI is InChI=1S/C23H27N3O5/c1-15(2)12-26(22(28)17-8-9-18-21(11-17)31-14-24-18)13-20(27)19(25-23(29)30)10-16-6-4-3-5-7-16/h3-9,11,14-15,19-20,25,27H,10,12-13H2,1-2H3,(H,29,30)/t19-,20+/m0/s1. The number of nitrogens with one attached hydrogen (secondary N) is 1. The predicted octanol–water partition coefficient (Wildman–Crippen LogP) is 3.17. The molecule has 0 radical (unpaired) electrons. The van der Waals surface area contributed by atoms with Crippen LogP contribution in [0, 0.1) is 5.92 Å². The van der Waals surface area contributed by atoms with Gasteiger partial charge in [0.1, 0.15) is 5.52 Å². The number of oxazole rings is 1. The highest BCUT2D eigenvalue weighted by atomic mass is 16.4. The number of amides is 2. The molecule has 0 saturated carbocycles. The van der Waals surface area contributed by atoms with E-state index in [1.165, 1.54) is 6.39 Å². The lowest BCUT2D eigenvalue weighted by atomic mass is 10.00. The molecule has 0 spiro atoms. The first-order chi connectivity index (χ1) is 14.8. The Kier molecular flexibility index (Phi) is 7.25. The highest BCUT2D eigenvalue weighted by molar-refractivity contribution is 5.97. The quantitative estimate of drug-likeness (QED) is 0.485. The predicted molar refractivity (Wildman–Crippen MR) is 116 cm³/mol. The maximum absolute atomic E-state index is 13.2. The molecular weight excluding hydrogens is 398 g/mol. The molecule has 8 nitrogen and oxygen atoms in total. The molecule has 8 heteroatoms. The highest BCUT2D eigenvalue weighted by Crippen LogP contribution is 2.17. The number of aliphatic hydroxyl groups excluding tert-OH is 1. The Labute approximate surface area is 180 Å². The zero-order valence-corrected chi connectivity index (χ0v) is 17.6. The van der Waals surface area contributed by atoms with Gasteiger partial charge in [0.25, 0.3) is 5.91 Å². The Morgan fingerprint density at radius 2 is 1.87 bits per heavy atom. The summed E-state index contributed by atoms with van der Waals surface area (Å²) in [7, 11) is 0. The van der Waals surface area contributed by atoms with Crippen LogP contribution in [0.1, 0.15) is 29.8 Å². The molecular formula is C23H27N3O5. The summed E-state index contributed by atoms with van der Waals surface area (Å²) < 4.78 is 5.29. The number of hydrogen-bond acceptors (Lipinski definition) is 5. The molecule has 0 unspecified atom stereocenters. The molecule has 2 amide bonds. The number of carbonyl (C=O) groups is 2. The largest absolute Gasteiger partial charge is 0.465 e. The summed E-state index contributed by atoms with van der Waals surface area (Å²) in [6.07, 6.45) is -0.687. The van der Waals surface area contributed by atoms with E-state index in [9.17, 15) is 19.8 Å². The first kappa shape index (κ1) is 22.3. The summed E-state index contributed by atoms with van der Waals surface area (Å²) in [4.78, 5) is 30.1. The van der Waals surface area contributed by atoms with E-state index in [2.05, 4.69) is 10.3 Å². The van der Waals surface area contributed by atoms with Gasteiger partial charge in [0.2, 0.25) is 0 Å². The zero-order chi connectivity index (χ0) is 22.4. The lowest BCUT2D eigenvalue weighted by Gasteiger charge is -2.31. The van der Waals surface area contributed by atoms with Gasteiger partial charge in [-0.1, -0.05) is 44.2 Å². The van der Waals surface area contributed by atoms with Gasteiger partial charge in [-0.25, -0.2) is 9.78 Å². The Bertz CT molecular complexity index is 1020. The van der Waals surface area contributed by atoms with Crippen LogP contribution in [0.25, 0.3) is 11.1 Å². The van der Waals surface area contributed by atoms with Crippen LogP contribution in [0.3, 0.4) is 0 Å². The van der Waals surface area contributed by atoms with Crippen molar-refractivity contribution in [3.8, 4) is 0 Å². The number of hydrogen-bond donors (Lipinski definition) is 3. The Balaban J connectivity index is 1.79. The second-order valence-corrected chi connectivity index (χ2v) is 7.95. The highest BCUT2D eigenvalue weighted by Gasteiger charge is 2.27. The van der Waals surface area contributed by atoms with Crippen molar-refractivity contribution in [3.05, 3.63) is 66.1 Å². The first-order valence-electron chi connectivity index (χ1n) is 10.2. The summed E-state index contributed by atoms with van der Waals surface area (Å²) >= 11 is 0. The Morgan fingerprint density at radius 1 is 1.13 bits per heavy atom. The molecule has 164 valence electrons. The van der Waals surface area contributed by atoms with Crippen molar-refractivity contribution in [2.75, 3.05) is 13.1 Å². The number of carboxylic acid groups (broad SMARTS) is 1. The van der Waals surface area contributed by atoms with Crippen molar-refractivity contribution in [1.82, 2.24) is 15.2 Å². The molecule has 2 atom stereocenters. The molecule has 0 aliphatic heterocycles. The average Bonchev–Trinajstić information content (AvgIpc) is 3.20. The molecule has 0 aliphatic carbocycles. The van der Waals surface area contributed by atoms with Crippen LogP contribution in [-0.2, 0) is 6.42 Å². The van der Waals surface area contributed by atoms with E-state index in [4.69, 9.17) is 4.42 Å². The van der Waals surface area contributed by atoms with Gasteiger partial charge in [-0.15, -0.1) is 0 Å². The summed E-state index contributed by atoms with van der Waals surface area (Å²) in [6.45, 7) is 4.35. The van der Waals surface area contributed by atoms with Gasteiger partial charge in [0, 0.05) is 18.7 Å². The fourth-order valence-electron chi connectivity index (χ4n) is 3.51. The molecule has 3 rings (SSSR count). The summed E-state index contributed by atoms with van der Waals surface area (Å²) in [5.41, 5.74) is 2.46. The molecule has 1 heterocycles. The SMILES string of the molecule is CC(C)CN(C[C@@H](O)[C@H](Cc1ccccc1)NC(=O)O)C(=O)c1ccc2ncoc2c1. The fraction of sp³-hybridized carbons (Fsp3) is 0.348. The van der Waals surface area contributed by atoms with Crippen LogP contribution in [-0.4, -0.2) is 57.3 Å². The van der Waals surface area contributed by atoms with E-state index in [0.29, 0.717) is 29.6 Å². The fourth-order valence-corrected chi connectivity index (χ4v) is 3.51. The average molecular weight is 425 g/mol. The van der Waals surface area contributed by atoms with Crippen LogP contribution in [0.2, 0.25) is 0 Å². The van der Waals surface area contributed by atoms with Gasteiger partial charge in [0.05, 0.1) is 12.1 Å². The number of aliphatic hydroxyl groups is 1. The number of rotatable bonds is 9. The van der Waals surface area contributed by atoms with Crippen LogP contribution >= 0.6 is 0 Å². The van der Waals surface area contributed by atoms with E-state index in [-0.39, 0.29) is 18.4 Å². The molecule has 3 aromatic rings. The zero-order valence-electron chi connectivity index (χ0n) is 17.6. The van der Waals surface area contributed by atoms with Crippen molar-refractivity contribution < 1.29 is 24.2 Å². The van der Waals surface area contributed by atoms with Crippen molar-refractivity contribution in [2.45, 2.75) is 32.4 Å². The van der Waals surface area contributed by atoms with Crippen LogP contribution in [0.15, 0.2) is 59.3 Å². The maximum Gasteiger partial charge on any atom is 0.404 e. The third kappa shape index (κ3) is 6.05. The normalized spacial score (nSPS) is 13.2. The van der Waals surface area contributed by atoms with Crippen LogP contribution in [0.4, 0.5) is 4.79 Å². The molecule has 2 aromatic carbocycles. The smallest absolute Gasteiger partial charge is 0.404 e. The third-order valence-corrected chi connectivity index (χ3v) is 4.93. The van der Waals surface area contributed by atoms with E-state index in [0.717, 1.165) is 5.56 Å². The number of nitrogens with zero attached hydrogens (tertiary/aromatic N) is 2. The molecule has 0 saturated heterocycles. The second-order valence-electron chi connectivity index (χ2n) is 7.95. The first-order valence-corrected chi connectivity index (χ1v) is 10.2. The topological polar surface area (TPSA) is 116 Å². The minimum Gasteiger partial charge on any atom is -0.465 e. The lowest BCUT2D eigenvalue weighted by Crippen LogP contribution is -2.50. The van der Waals surface area contributed by atoms with E-state index in [1.54, 1.807) is 23.1 Å². The van der Waals surface area contributed by atoms with Crippen molar-refractivity contribution in [1.29, 1.82) is 0 Å². The lowest BCUT2D eigenvalue weighted by molar-refractivity contribution is 0.0509.